The highest BCUT2D eigenvalue weighted by atomic mass is 35.5. The second-order valence-corrected chi connectivity index (χ2v) is 2.96. The number of aliphatic carboxylic acids is 1. The highest BCUT2D eigenvalue weighted by molar-refractivity contribution is 6.41. The van der Waals surface area contributed by atoms with E-state index in [0.717, 1.165) is 18.2 Å². The van der Waals surface area contributed by atoms with Gasteiger partial charge in [0, 0.05) is 11.6 Å². The third kappa shape index (κ3) is 2.29. The van der Waals surface area contributed by atoms with Crippen molar-refractivity contribution in [3.05, 3.63) is 38.9 Å². The summed E-state index contributed by atoms with van der Waals surface area (Å²) in [5.74, 6) is -2.80. The first-order chi connectivity index (χ1) is 6.93. The van der Waals surface area contributed by atoms with Crippen molar-refractivity contribution in [3.8, 4) is 0 Å². The summed E-state index contributed by atoms with van der Waals surface area (Å²) >= 11 is 5.49. The molecule has 6 nitrogen and oxygen atoms in total. The van der Waals surface area contributed by atoms with Crippen molar-refractivity contribution in [2.75, 3.05) is 0 Å². The second kappa shape index (κ2) is 4.05. The van der Waals surface area contributed by atoms with Crippen LogP contribution in [-0.4, -0.2) is 21.8 Å². The molecule has 0 fully saturated rings. The summed E-state index contributed by atoms with van der Waals surface area (Å²) in [6.45, 7) is 0. The predicted molar refractivity (Wildman–Crippen MR) is 50.1 cm³/mol. The Morgan fingerprint density at radius 3 is 2.40 bits per heavy atom. The minimum Gasteiger partial charge on any atom is -0.475 e. The molecule has 0 amide bonds. The molecule has 0 heterocycles. The van der Waals surface area contributed by atoms with E-state index < -0.39 is 16.7 Å². The fourth-order valence-corrected chi connectivity index (χ4v) is 1.17. The van der Waals surface area contributed by atoms with Gasteiger partial charge in [0.25, 0.3) is 11.5 Å². The SMILES string of the molecule is O=C(O)C(=O)c1ccc([N+](=O)[O-])c(Cl)c1. The molecule has 0 saturated carbocycles. The molecule has 1 aromatic carbocycles. The van der Waals surface area contributed by atoms with E-state index >= 15 is 0 Å². The second-order valence-electron chi connectivity index (χ2n) is 2.56. The summed E-state index contributed by atoms with van der Waals surface area (Å²) in [5, 5.41) is 18.5. The molecule has 1 aromatic rings. The third-order valence-corrected chi connectivity index (χ3v) is 1.90. The molecule has 15 heavy (non-hydrogen) atoms. The lowest BCUT2D eigenvalue weighted by atomic mass is 10.1. The van der Waals surface area contributed by atoms with Gasteiger partial charge in [-0.25, -0.2) is 4.79 Å². The molecule has 0 saturated heterocycles. The van der Waals surface area contributed by atoms with E-state index in [4.69, 9.17) is 16.7 Å². The van der Waals surface area contributed by atoms with Crippen LogP contribution in [0.15, 0.2) is 18.2 Å². The number of ketones is 1. The summed E-state index contributed by atoms with van der Waals surface area (Å²) in [6.07, 6.45) is 0. The largest absolute Gasteiger partial charge is 0.475 e. The highest BCUT2D eigenvalue weighted by Crippen LogP contribution is 2.25. The van der Waals surface area contributed by atoms with E-state index in [1.807, 2.05) is 0 Å². The Bertz CT molecular complexity index is 456. The third-order valence-electron chi connectivity index (χ3n) is 1.60. The smallest absolute Gasteiger partial charge is 0.377 e. The number of carboxylic acid groups (broad SMARTS) is 1. The number of hydrogen-bond acceptors (Lipinski definition) is 4. The lowest BCUT2D eigenvalue weighted by Crippen LogP contribution is -2.12. The van der Waals surface area contributed by atoms with Crippen LogP contribution in [0.1, 0.15) is 10.4 Å². The van der Waals surface area contributed by atoms with Gasteiger partial charge < -0.3 is 5.11 Å². The van der Waals surface area contributed by atoms with E-state index in [1.165, 1.54) is 0 Å². The zero-order valence-electron chi connectivity index (χ0n) is 7.14. The first kappa shape index (κ1) is 11.1. The number of benzene rings is 1. The van der Waals surface area contributed by atoms with Crippen LogP contribution >= 0.6 is 11.6 Å². The summed E-state index contributed by atoms with van der Waals surface area (Å²) in [7, 11) is 0. The summed E-state index contributed by atoms with van der Waals surface area (Å²) in [5.41, 5.74) is -0.572. The van der Waals surface area contributed by atoms with Crippen molar-refractivity contribution < 1.29 is 19.6 Å². The molecule has 0 aliphatic heterocycles. The molecule has 0 unspecified atom stereocenters. The summed E-state index contributed by atoms with van der Waals surface area (Å²) in [6, 6.07) is 2.98. The molecule has 78 valence electrons. The molecule has 1 N–H and O–H groups in total. The Labute approximate surface area is 88.2 Å². The number of nitrogens with zero attached hydrogens (tertiary/aromatic N) is 1. The first-order valence-corrected chi connectivity index (χ1v) is 4.03. The van der Waals surface area contributed by atoms with Crippen molar-refractivity contribution in [1.29, 1.82) is 0 Å². The van der Waals surface area contributed by atoms with E-state index in [-0.39, 0.29) is 16.3 Å². The Morgan fingerprint density at radius 2 is 2.00 bits per heavy atom. The van der Waals surface area contributed by atoms with Gasteiger partial charge in [-0.1, -0.05) is 11.6 Å². The van der Waals surface area contributed by atoms with Crippen molar-refractivity contribution in [2.24, 2.45) is 0 Å². The average Bonchev–Trinajstić information content (AvgIpc) is 2.15. The number of halogens is 1. The van der Waals surface area contributed by atoms with Gasteiger partial charge in [-0.15, -0.1) is 0 Å². The lowest BCUT2D eigenvalue weighted by molar-refractivity contribution is -0.384. The first-order valence-electron chi connectivity index (χ1n) is 3.65. The fourth-order valence-electron chi connectivity index (χ4n) is 0.920. The molecule has 0 bridgehead atoms. The standard InChI is InChI=1S/C8H4ClNO5/c9-5-3-4(7(11)8(12)13)1-2-6(5)10(14)15/h1-3H,(H,12,13). The van der Waals surface area contributed by atoms with Crippen LogP contribution in [0.5, 0.6) is 0 Å². The molecule has 0 radical (unpaired) electrons. The van der Waals surface area contributed by atoms with Crippen molar-refractivity contribution >= 4 is 29.0 Å². The number of carbonyl (C=O) groups is 2. The molecular weight excluding hydrogens is 226 g/mol. The zero-order valence-corrected chi connectivity index (χ0v) is 7.89. The van der Waals surface area contributed by atoms with Crippen molar-refractivity contribution in [3.63, 3.8) is 0 Å². The molecule has 0 aliphatic rings. The number of nitro groups is 1. The van der Waals surface area contributed by atoms with E-state index in [1.54, 1.807) is 0 Å². The summed E-state index contributed by atoms with van der Waals surface area (Å²) in [4.78, 5) is 30.9. The van der Waals surface area contributed by atoms with Crippen LogP contribution < -0.4 is 0 Å². The van der Waals surface area contributed by atoms with Gasteiger partial charge in [-0.05, 0) is 12.1 Å². The summed E-state index contributed by atoms with van der Waals surface area (Å²) < 4.78 is 0. The molecule has 0 spiro atoms. The minimum atomic E-state index is -1.64. The number of rotatable bonds is 3. The van der Waals surface area contributed by atoms with E-state index in [9.17, 15) is 19.7 Å². The van der Waals surface area contributed by atoms with Gasteiger partial charge in [-0.3, -0.25) is 14.9 Å². The minimum absolute atomic E-state index is 0.196. The van der Waals surface area contributed by atoms with Crippen LogP contribution in [-0.2, 0) is 4.79 Å². The van der Waals surface area contributed by atoms with Gasteiger partial charge in [0.2, 0.25) is 0 Å². The Morgan fingerprint density at radius 1 is 1.40 bits per heavy atom. The highest BCUT2D eigenvalue weighted by Gasteiger charge is 2.19. The van der Waals surface area contributed by atoms with Gasteiger partial charge >= 0.3 is 5.97 Å². The Balaban J connectivity index is 3.18. The van der Waals surface area contributed by atoms with Gasteiger partial charge in [-0.2, -0.15) is 0 Å². The van der Waals surface area contributed by atoms with Crippen LogP contribution in [0, 0.1) is 10.1 Å². The van der Waals surface area contributed by atoms with Crippen LogP contribution in [0.2, 0.25) is 5.02 Å². The maximum absolute atomic E-state index is 10.9. The van der Waals surface area contributed by atoms with E-state index in [0.29, 0.717) is 0 Å². The van der Waals surface area contributed by atoms with Gasteiger partial charge in [0.1, 0.15) is 5.02 Å². The molecule has 0 aliphatic carbocycles. The lowest BCUT2D eigenvalue weighted by Gasteiger charge is -1.97. The normalized spacial score (nSPS) is 9.67. The van der Waals surface area contributed by atoms with Crippen LogP contribution in [0.4, 0.5) is 5.69 Å². The van der Waals surface area contributed by atoms with Crippen LogP contribution in [0.25, 0.3) is 0 Å². The molecule has 0 atom stereocenters. The zero-order chi connectivity index (χ0) is 11.6. The van der Waals surface area contributed by atoms with E-state index in [2.05, 4.69) is 0 Å². The maximum atomic E-state index is 10.9. The molecule has 0 aromatic heterocycles. The number of nitro benzene ring substituents is 1. The number of carboxylic acids is 1. The molecule has 7 heteroatoms. The fraction of sp³-hybridized carbons (Fsp3) is 0. The molecule has 1 rings (SSSR count). The quantitative estimate of drug-likeness (QED) is 0.367. The number of Topliss-reactive ketones (excluding diaryl/α,β-unsaturated/α-hetero) is 1. The Hall–Kier alpha value is -1.95. The number of carbonyl (C=O) groups excluding carboxylic acids is 1. The maximum Gasteiger partial charge on any atom is 0.377 e. The molecular formula is C8H4ClNO5. The van der Waals surface area contributed by atoms with Gasteiger partial charge in [0.15, 0.2) is 0 Å². The Kier molecular flexibility index (Phi) is 3.01. The van der Waals surface area contributed by atoms with Crippen molar-refractivity contribution in [1.82, 2.24) is 0 Å². The monoisotopic (exact) mass is 229 g/mol. The average molecular weight is 230 g/mol. The van der Waals surface area contributed by atoms with Gasteiger partial charge in [0.05, 0.1) is 4.92 Å². The predicted octanol–water partition coefficient (Wildman–Crippen LogP) is 1.52. The number of hydrogen-bond donors (Lipinski definition) is 1. The topological polar surface area (TPSA) is 97.5 Å². The van der Waals surface area contributed by atoms with Crippen molar-refractivity contribution in [2.45, 2.75) is 0 Å². The van der Waals surface area contributed by atoms with Crippen LogP contribution in [0.3, 0.4) is 0 Å².